The molecule has 1 saturated heterocycles. The number of aliphatic carboxylic acids is 1. The molecule has 0 aliphatic carbocycles. The topological polar surface area (TPSA) is 154 Å². The van der Waals surface area contributed by atoms with Crippen LogP contribution in [-0.4, -0.2) is 53.9 Å². The summed E-state index contributed by atoms with van der Waals surface area (Å²) in [5, 5.41) is 17.6. The normalized spacial score (nSPS) is 16.6. The highest BCUT2D eigenvalue weighted by Crippen LogP contribution is 2.23. The molecule has 0 aromatic heterocycles. The molecule has 0 saturated carbocycles. The van der Waals surface area contributed by atoms with Gasteiger partial charge in [-0.2, -0.15) is 4.31 Å². The first-order valence-electron chi connectivity index (χ1n) is 9.84. The molecule has 30 heavy (non-hydrogen) atoms. The number of nitrogens with two attached hydrogens (primary N) is 1. The molecule has 9 nitrogen and oxygen atoms in total. The van der Waals surface area contributed by atoms with Crippen LogP contribution in [0.4, 0.5) is 0 Å². The Kier molecular flexibility index (Phi) is 9.94. The summed E-state index contributed by atoms with van der Waals surface area (Å²) in [6.07, 6.45) is 1.85. The molecule has 1 aliphatic heterocycles. The summed E-state index contributed by atoms with van der Waals surface area (Å²) in [5.74, 6) is -0.710. The Balaban J connectivity index is 0.00000103. The quantitative estimate of drug-likeness (QED) is 0.355. The first kappa shape index (κ1) is 25.6. The predicted molar refractivity (Wildman–Crippen MR) is 116 cm³/mol. The second-order valence-corrected chi connectivity index (χ2v) is 9.66. The molecule has 2 rings (SSSR count). The average molecular weight is 441 g/mol. The van der Waals surface area contributed by atoms with Gasteiger partial charge in [0, 0.05) is 25.6 Å². The zero-order valence-corrected chi connectivity index (χ0v) is 18.5. The smallest absolute Gasteiger partial charge is 0.300 e. The van der Waals surface area contributed by atoms with E-state index in [4.69, 9.17) is 21.0 Å². The Hall–Kier alpha value is -2.46. The van der Waals surface area contributed by atoms with Crippen LogP contribution in [0.3, 0.4) is 0 Å². The maximum atomic E-state index is 12.5. The first-order valence-corrected chi connectivity index (χ1v) is 11.4. The van der Waals surface area contributed by atoms with E-state index in [1.54, 1.807) is 24.3 Å². The van der Waals surface area contributed by atoms with Crippen molar-refractivity contribution in [3.05, 3.63) is 35.4 Å². The molecular weight excluding hydrogens is 408 g/mol. The second-order valence-electron chi connectivity index (χ2n) is 7.61. The van der Waals surface area contributed by atoms with Crippen molar-refractivity contribution in [2.24, 2.45) is 11.7 Å². The van der Waals surface area contributed by atoms with Gasteiger partial charge >= 0.3 is 0 Å². The third-order valence-corrected chi connectivity index (χ3v) is 6.45. The van der Waals surface area contributed by atoms with E-state index in [9.17, 15) is 13.2 Å². The van der Waals surface area contributed by atoms with E-state index in [-0.39, 0.29) is 17.5 Å². The van der Waals surface area contributed by atoms with Crippen LogP contribution in [0, 0.1) is 11.3 Å². The molecule has 5 N–H and O–H groups in total. The highest BCUT2D eigenvalue weighted by molar-refractivity contribution is 7.89. The number of nitrogen functional groups attached to an aromatic ring is 1. The minimum absolute atomic E-state index is 0.00575. The van der Waals surface area contributed by atoms with Crippen LogP contribution < -0.4 is 11.1 Å². The van der Waals surface area contributed by atoms with Gasteiger partial charge in [0.1, 0.15) is 11.9 Å². The molecule has 1 aliphatic rings. The van der Waals surface area contributed by atoms with Gasteiger partial charge in [0.25, 0.3) is 5.97 Å². The van der Waals surface area contributed by atoms with Crippen LogP contribution in [-0.2, 0) is 26.2 Å². The minimum atomic E-state index is -3.41. The number of nitrogens with zero attached hydrogens (tertiary/aromatic N) is 1. The number of sulfonamides is 1. The molecule has 1 amide bonds. The minimum Gasteiger partial charge on any atom is -0.481 e. The van der Waals surface area contributed by atoms with Crippen LogP contribution in [0.25, 0.3) is 0 Å². The SMILES string of the molecule is CC(=O)O.CC(C)CCS(=O)(=O)N1CCC[C@H]1C(=O)NCc1ccc(C(=N)N)cc1. The molecule has 1 aromatic carbocycles. The predicted octanol–water partition coefficient (Wildman–Crippen LogP) is 1.52. The number of hydrogen-bond donors (Lipinski definition) is 4. The van der Waals surface area contributed by atoms with Crippen LogP contribution >= 0.6 is 0 Å². The van der Waals surface area contributed by atoms with Gasteiger partial charge in [-0.25, -0.2) is 8.42 Å². The Morgan fingerprint density at radius 1 is 1.30 bits per heavy atom. The van der Waals surface area contributed by atoms with Gasteiger partial charge in [-0.05, 0) is 30.7 Å². The Bertz CT molecular complexity index is 833. The van der Waals surface area contributed by atoms with E-state index < -0.39 is 22.0 Å². The lowest BCUT2D eigenvalue weighted by molar-refractivity contribution is -0.134. The number of amides is 1. The lowest BCUT2D eigenvalue weighted by atomic mass is 10.1. The maximum Gasteiger partial charge on any atom is 0.300 e. The zero-order valence-electron chi connectivity index (χ0n) is 17.7. The van der Waals surface area contributed by atoms with Gasteiger partial charge in [-0.3, -0.25) is 15.0 Å². The molecule has 0 radical (unpaired) electrons. The fourth-order valence-electron chi connectivity index (χ4n) is 2.95. The molecule has 1 fully saturated rings. The Morgan fingerprint density at radius 2 is 1.87 bits per heavy atom. The summed E-state index contributed by atoms with van der Waals surface area (Å²) in [5.41, 5.74) is 6.91. The van der Waals surface area contributed by atoms with Crippen LogP contribution in [0.1, 0.15) is 51.2 Å². The van der Waals surface area contributed by atoms with E-state index in [2.05, 4.69) is 5.32 Å². The molecule has 1 atom stereocenters. The fraction of sp³-hybridized carbons (Fsp3) is 0.550. The average Bonchev–Trinajstić information content (AvgIpc) is 3.15. The van der Waals surface area contributed by atoms with E-state index in [1.165, 1.54) is 4.31 Å². The van der Waals surface area contributed by atoms with Gasteiger partial charge in [-0.1, -0.05) is 38.1 Å². The zero-order chi connectivity index (χ0) is 22.9. The van der Waals surface area contributed by atoms with E-state index >= 15 is 0 Å². The second kappa shape index (κ2) is 11.7. The number of carboxylic acids is 1. The Labute approximate surface area is 178 Å². The highest BCUT2D eigenvalue weighted by atomic mass is 32.2. The van der Waals surface area contributed by atoms with Crippen LogP contribution in [0.2, 0.25) is 0 Å². The number of amidine groups is 1. The lowest BCUT2D eigenvalue weighted by Gasteiger charge is -2.23. The van der Waals surface area contributed by atoms with Gasteiger partial charge in [0.05, 0.1) is 5.75 Å². The van der Waals surface area contributed by atoms with Crippen molar-refractivity contribution < 1.29 is 23.1 Å². The summed E-state index contributed by atoms with van der Waals surface area (Å²) in [7, 11) is -3.41. The Morgan fingerprint density at radius 3 is 2.37 bits per heavy atom. The monoisotopic (exact) mass is 440 g/mol. The van der Waals surface area contributed by atoms with Gasteiger partial charge in [0.15, 0.2) is 0 Å². The largest absolute Gasteiger partial charge is 0.481 e. The van der Waals surface area contributed by atoms with Crippen molar-refractivity contribution in [3.8, 4) is 0 Å². The molecular formula is C20H32N4O5S. The first-order chi connectivity index (χ1) is 13.9. The number of benzene rings is 1. The van der Waals surface area contributed by atoms with E-state index in [0.717, 1.165) is 12.5 Å². The number of carbonyl (C=O) groups excluding carboxylic acids is 1. The summed E-state index contributed by atoms with van der Waals surface area (Å²) >= 11 is 0. The van der Waals surface area contributed by atoms with Crippen molar-refractivity contribution in [1.29, 1.82) is 5.41 Å². The third-order valence-electron chi connectivity index (χ3n) is 4.55. The van der Waals surface area contributed by atoms with Crippen LogP contribution in [0.5, 0.6) is 0 Å². The molecule has 0 spiro atoms. The number of hydrogen-bond acceptors (Lipinski definition) is 5. The molecule has 0 unspecified atom stereocenters. The molecule has 1 aromatic rings. The van der Waals surface area contributed by atoms with Gasteiger partial charge in [0.2, 0.25) is 15.9 Å². The van der Waals surface area contributed by atoms with Crippen molar-refractivity contribution in [2.75, 3.05) is 12.3 Å². The molecule has 0 bridgehead atoms. The summed E-state index contributed by atoms with van der Waals surface area (Å²) in [6, 6.07) is 6.42. The molecule has 10 heteroatoms. The van der Waals surface area contributed by atoms with Gasteiger partial charge in [-0.15, -0.1) is 0 Å². The third kappa shape index (κ3) is 8.50. The van der Waals surface area contributed by atoms with E-state index in [1.807, 2.05) is 13.8 Å². The number of nitrogens with one attached hydrogen (secondary N) is 2. The van der Waals surface area contributed by atoms with Crippen molar-refractivity contribution in [2.45, 2.75) is 52.6 Å². The maximum absolute atomic E-state index is 12.5. The molecule has 168 valence electrons. The van der Waals surface area contributed by atoms with Crippen molar-refractivity contribution in [3.63, 3.8) is 0 Å². The van der Waals surface area contributed by atoms with Crippen molar-refractivity contribution >= 4 is 27.7 Å². The number of rotatable bonds is 8. The highest BCUT2D eigenvalue weighted by Gasteiger charge is 2.38. The summed E-state index contributed by atoms with van der Waals surface area (Å²) < 4.78 is 26.4. The van der Waals surface area contributed by atoms with E-state index in [0.29, 0.717) is 43.8 Å². The number of carbonyl (C=O) groups is 2. The standard InChI is InChI=1S/C18H28N4O3S.C2H4O2/c1-13(2)9-11-26(24,25)22-10-3-4-16(22)18(23)21-12-14-5-7-15(8-6-14)17(19)20;1-2(3)4/h5-8,13,16H,3-4,9-12H2,1-2H3,(H3,19,20)(H,21,23);1H3,(H,3,4)/t16-;/m0./s1. The van der Waals surface area contributed by atoms with Crippen LogP contribution in [0.15, 0.2) is 24.3 Å². The summed E-state index contributed by atoms with van der Waals surface area (Å²) in [6.45, 7) is 5.78. The lowest BCUT2D eigenvalue weighted by Crippen LogP contribution is -2.46. The van der Waals surface area contributed by atoms with Crippen molar-refractivity contribution in [1.82, 2.24) is 9.62 Å². The van der Waals surface area contributed by atoms with Gasteiger partial charge < -0.3 is 16.2 Å². The summed E-state index contributed by atoms with van der Waals surface area (Å²) in [4.78, 5) is 21.5. The molecule has 1 heterocycles. The number of carboxylic acid groups (broad SMARTS) is 1. The fourth-order valence-corrected chi connectivity index (χ4v) is 4.95.